The van der Waals surface area contributed by atoms with Crippen molar-refractivity contribution in [3.63, 3.8) is 0 Å². The van der Waals surface area contributed by atoms with E-state index in [9.17, 15) is 14.4 Å². The lowest BCUT2D eigenvalue weighted by molar-refractivity contribution is -0.142. The van der Waals surface area contributed by atoms with Crippen molar-refractivity contribution in [2.45, 2.75) is 26.7 Å². The van der Waals surface area contributed by atoms with Gasteiger partial charge in [0.25, 0.3) is 0 Å². The van der Waals surface area contributed by atoms with Crippen molar-refractivity contribution in [1.82, 2.24) is 0 Å². The third-order valence-electron chi connectivity index (χ3n) is 3.42. The first-order valence-electron chi connectivity index (χ1n) is 8.01. The summed E-state index contributed by atoms with van der Waals surface area (Å²) in [6, 6.07) is 10.3. The normalized spacial score (nSPS) is 10.3. The van der Waals surface area contributed by atoms with Gasteiger partial charge in [0.1, 0.15) is 5.75 Å². The molecule has 0 N–H and O–H groups in total. The van der Waals surface area contributed by atoms with Crippen molar-refractivity contribution in [2.75, 3.05) is 13.2 Å². The molecular weight excluding hydrogens is 340 g/mol. The molecular formula is C19H20O5S. The summed E-state index contributed by atoms with van der Waals surface area (Å²) < 4.78 is 10.3. The highest BCUT2D eigenvalue weighted by Gasteiger charge is 2.14. The quantitative estimate of drug-likeness (QED) is 0.502. The smallest absolute Gasteiger partial charge is 0.306 e. The minimum atomic E-state index is -0.555. The molecule has 0 fully saturated rings. The molecule has 0 atom stereocenters. The molecule has 2 aromatic rings. The van der Waals surface area contributed by atoms with Crippen LogP contribution in [-0.2, 0) is 9.53 Å². The monoisotopic (exact) mass is 360 g/mol. The lowest BCUT2D eigenvalue weighted by atomic mass is 10.1. The number of ether oxygens (including phenoxy) is 2. The van der Waals surface area contributed by atoms with Crippen LogP contribution in [-0.4, -0.2) is 30.7 Å². The maximum atomic E-state index is 12.0. The minimum absolute atomic E-state index is 0.0354. The van der Waals surface area contributed by atoms with Gasteiger partial charge in [0.05, 0.1) is 17.9 Å². The largest absolute Gasteiger partial charge is 0.494 e. The molecule has 1 aromatic heterocycles. The van der Waals surface area contributed by atoms with E-state index in [-0.39, 0.29) is 31.0 Å². The van der Waals surface area contributed by atoms with E-state index in [0.717, 1.165) is 4.88 Å². The highest BCUT2D eigenvalue weighted by molar-refractivity contribution is 7.14. The summed E-state index contributed by atoms with van der Waals surface area (Å²) in [4.78, 5) is 37.3. The summed E-state index contributed by atoms with van der Waals surface area (Å²) in [5, 5.41) is 0. The molecule has 0 unspecified atom stereocenters. The maximum absolute atomic E-state index is 12.0. The molecule has 0 aliphatic rings. The van der Waals surface area contributed by atoms with Gasteiger partial charge in [0.15, 0.2) is 18.2 Å². The number of rotatable bonds is 9. The lowest BCUT2D eigenvalue weighted by Crippen LogP contribution is -2.15. The molecule has 2 rings (SSSR count). The average molecular weight is 360 g/mol. The lowest BCUT2D eigenvalue weighted by Gasteiger charge is -2.06. The Balaban J connectivity index is 1.75. The predicted molar refractivity (Wildman–Crippen MR) is 95.5 cm³/mol. The van der Waals surface area contributed by atoms with Crippen molar-refractivity contribution >= 4 is 28.9 Å². The standard InChI is InChI=1S/C19H20O5S/c1-3-23-15-7-5-14(6-8-15)17(21)12-24-19(22)11-9-16(20)18-10-4-13(2)25-18/h4-8,10H,3,9,11-12H2,1-2H3. The van der Waals surface area contributed by atoms with Crippen LogP contribution in [0.5, 0.6) is 5.75 Å². The first-order chi connectivity index (χ1) is 12.0. The van der Waals surface area contributed by atoms with E-state index < -0.39 is 5.97 Å². The van der Waals surface area contributed by atoms with Crippen LogP contribution in [0.4, 0.5) is 0 Å². The van der Waals surface area contributed by atoms with Crippen molar-refractivity contribution in [1.29, 1.82) is 0 Å². The molecule has 0 radical (unpaired) electrons. The molecule has 0 saturated carbocycles. The molecule has 5 nitrogen and oxygen atoms in total. The van der Waals surface area contributed by atoms with Crippen LogP contribution in [0.1, 0.15) is 44.7 Å². The third-order valence-corrected chi connectivity index (χ3v) is 4.46. The van der Waals surface area contributed by atoms with E-state index in [0.29, 0.717) is 22.8 Å². The van der Waals surface area contributed by atoms with Gasteiger partial charge in [-0.1, -0.05) is 0 Å². The van der Waals surface area contributed by atoms with Crippen LogP contribution in [0.25, 0.3) is 0 Å². The molecule has 0 amide bonds. The molecule has 0 bridgehead atoms. The minimum Gasteiger partial charge on any atom is -0.494 e. The summed E-state index contributed by atoms with van der Waals surface area (Å²) in [5.41, 5.74) is 0.446. The number of esters is 1. The van der Waals surface area contributed by atoms with Crippen LogP contribution in [0, 0.1) is 6.92 Å². The second-order valence-corrected chi connectivity index (χ2v) is 6.66. The second-order valence-electron chi connectivity index (χ2n) is 5.37. The van der Waals surface area contributed by atoms with Crippen molar-refractivity contribution < 1.29 is 23.9 Å². The van der Waals surface area contributed by atoms with E-state index in [4.69, 9.17) is 9.47 Å². The molecule has 6 heteroatoms. The van der Waals surface area contributed by atoms with Crippen molar-refractivity contribution in [3.05, 3.63) is 51.7 Å². The Morgan fingerprint density at radius 3 is 2.28 bits per heavy atom. The van der Waals surface area contributed by atoms with Gasteiger partial charge >= 0.3 is 5.97 Å². The molecule has 0 spiro atoms. The fourth-order valence-corrected chi connectivity index (χ4v) is 2.96. The zero-order valence-corrected chi connectivity index (χ0v) is 15.1. The third kappa shape index (κ3) is 5.83. The molecule has 1 heterocycles. The van der Waals surface area contributed by atoms with Crippen LogP contribution in [0.3, 0.4) is 0 Å². The van der Waals surface area contributed by atoms with Crippen LogP contribution in [0.2, 0.25) is 0 Å². The topological polar surface area (TPSA) is 69.7 Å². The molecule has 0 saturated heterocycles. The Morgan fingerprint density at radius 2 is 1.68 bits per heavy atom. The van der Waals surface area contributed by atoms with Gasteiger partial charge < -0.3 is 9.47 Å². The number of aryl methyl sites for hydroxylation is 1. The predicted octanol–water partition coefficient (Wildman–Crippen LogP) is 3.84. The van der Waals surface area contributed by atoms with Crippen LogP contribution < -0.4 is 4.74 Å². The highest BCUT2D eigenvalue weighted by Crippen LogP contribution is 2.17. The SMILES string of the molecule is CCOc1ccc(C(=O)COC(=O)CCC(=O)c2ccc(C)s2)cc1. The number of hydrogen-bond acceptors (Lipinski definition) is 6. The van der Waals surface area contributed by atoms with E-state index in [2.05, 4.69) is 0 Å². The number of ketones is 2. The van der Waals surface area contributed by atoms with Gasteiger partial charge in [-0.2, -0.15) is 0 Å². The Kier molecular flexibility index (Phi) is 6.89. The van der Waals surface area contributed by atoms with E-state index in [1.807, 2.05) is 19.9 Å². The molecule has 1 aromatic carbocycles. The van der Waals surface area contributed by atoms with Gasteiger partial charge in [-0.15, -0.1) is 11.3 Å². The van der Waals surface area contributed by atoms with Crippen molar-refractivity contribution in [2.24, 2.45) is 0 Å². The van der Waals surface area contributed by atoms with Gasteiger partial charge in [-0.05, 0) is 50.2 Å². The van der Waals surface area contributed by atoms with E-state index in [1.54, 1.807) is 30.3 Å². The average Bonchev–Trinajstić information content (AvgIpc) is 3.05. The Morgan fingerprint density at radius 1 is 0.960 bits per heavy atom. The summed E-state index contributed by atoms with van der Waals surface area (Å²) >= 11 is 1.40. The first-order valence-corrected chi connectivity index (χ1v) is 8.82. The Hall–Kier alpha value is -2.47. The maximum Gasteiger partial charge on any atom is 0.306 e. The number of thiophene rings is 1. The van der Waals surface area contributed by atoms with Crippen LogP contribution in [0.15, 0.2) is 36.4 Å². The zero-order valence-electron chi connectivity index (χ0n) is 14.2. The zero-order chi connectivity index (χ0) is 18.2. The molecule has 0 aliphatic heterocycles. The number of Topliss-reactive ketones (excluding diaryl/α,β-unsaturated/α-hetero) is 2. The van der Waals surface area contributed by atoms with Gasteiger partial charge in [-0.3, -0.25) is 14.4 Å². The van der Waals surface area contributed by atoms with Gasteiger partial charge in [0.2, 0.25) is 0 Å². The number of hydrogen-bond donors (Lipinski definition) is 0. The van der Waals surface area contributed by atoms with Gasteiger partial charge in [0, 0.05) is 16.9 Å². The Labute approximate surface area is 150 Å². The fraction of sp³-hybridized carbons (Fsp3) is 0.316. The van der Waals surface area contributed by atoms with E-state index in [1.165, 1.54) is 11.3 Å². The highest BCUT2D eigenvalue weighted by atomic mass is 32.1. The molecule has 25 heavy (non-hydrogen) atoms. The number of carbonyl (C=O) groups is 3. The number of benzene rings is 1. The molecule has 0 aliphatic carbocycles. The summed E-state index contributed by atoms with van der Waals surface area (Å²) in [6.45, 7) is 4.01. The van der Waals surface area contributed by atoms with E-state index >= 15 is 0 Å². The first kappa shape index (κ1) is 18.9. The number of carbonyl (C=O) groups excluding carboxylic acids is 3. The van der Waals surface area contributed by atoms with Crippen LogP contribution >= 0.6 is 11.3 Å². The summed E-state index contributed by atoms with van der Waals surface area (Å²) in [6.07, 6.45) is 0.0440. The summed E-state index contributed by atoms with van der Waals surface area (Å²) in [7, 11) is 0. The second kappa shape index (κ2) is 9.13. The summed E-state index contributed by atoms with van der Waals surface area (Å²) in [5.74, 6) is -0.260. The fourth-order valence-electron chi connectivity index (χ4n) is 2.13. The molecule has 132 valence electrons. The Bertz CT molecular complexity index is 745. The van der Waals surface area contributed by atoms with Gasteiger partial charge in [-0.25, -0.2) is 0 Å². The van der Waals surface area contributed by atoms with Crippen molar-refractivity contribution in [3.8, 4) is 5.75 Å².